The standard InChI is InChI=1S/C16H20ClN/c1-16(2,3)15(17)8-7-12-5-4-6-13-9-10-18-11-14(12)13/h4-6,9-11,15H,7-8H2,1-3H3. The van der Waals surface area contributed by atoms with Crippen molar-refractivity contribution in [2.24, 2.45) is 5.41 Å². The van der Waals surface area contributed by atoms with Crippen molar-refractivity contribution in [2.45, 2.75) is 39.0 Å². The third-order valence-corrected chi connectivity index (χ3v) is 4.25. The van der Waals surface area contributed by atoms with Gasteiger partial charge in [-0.15, -0.1) is 11.6 Å². The molecule has 0 fully saturated rings. The maximum Gasteiger partial charge on any atom is 0.0387 e. The van der Waals surface area contributed by atoms with Crippen molar-refractivity contribution in [3.8, 4) is 0 Å². The highest BCUT2D eigenvalue weighted by molar-refractivity contribution is 6.21. The van der Waals surface area contributed by atoms with Gasteiger partial charge in [0.15, 0.2) is 0 Å². The first-order valence-corrected chi connectivity index (χ1v) is 6.88. The number of aryl methyl sites for hydroxylation is 1. The van der Waals surface area contributed by atoms with Crippen LogP contribution in [0.3, 0.4) is 0 Å². The van der Waals surface area contributed by atoms with Gasteiger partial charge in [-0.25, -0.2) is 0 Å². The quantitative estimate of drug-likeness (QED) is 0.722. The van der Waals surface area contributed by atoms with Gasteiger partial charge in [-0.1, -0.05) is 39.0 Å². The fourth-order valence-electron chi connectivity index (χ4n) is 2.11. The van der Waals surface area contributed by atoms with E-state index in [0.29, 0.717) is 0 Å². The molecule has 0 radical (unpaired) electrons. The van der Waals surface area contributed by atoms with Crippen molar-refractivity contribution in [1.29, 1.82) is 0 Å². The normalized spacial score (nSPS) is 13.8. The number of alkyl halides is 1. The van der Waals surface area contributed by atoms with Crippen LogP contribution in [0.1, 0.15) is 32.8 Å². The van der Waals surface area contributed by atoms with Crippen LogP contribution < -0.4 is 0 Å². The summed E-state index contributed by atoms with van der Waals surface area (Å²) in [6.07, 6.45) is 5.80. The Morgan fingerprint density at radius 3 is 2.72 bits per heavy atom. The zero-order chi connectivity index (χ0) is 13.2. The summed E-state index contributed by atoms with van der Waals surface area (Å²) >= 11 is 6.44. The van der Waals surface area contributed by atoms with E-state index in [9.17, 15) is 0 Å². The summed E-state index contributed by atoms with van der Waals surface area (Å²) in [6, 6.07) is 8.47. The van der Waals surface area contributed by atoms with E-state index in [-0.39, 0.29) is 10.8 Å². The summed E-state index contributed by atoms with van der Waals surface area (Å²) in [5, 5.41) is 2.70. The van der Waals surface area contributed by atoms with Gasteiger partial charge in [0.2, 0.25) is 0 Å². The van der Waals surface area contributed by atoms with Crippen molar-refractivity contribution >= 4 is 22.4 Å². The Bertz CT molecular complexity index is 523. The lowest BCUT2D eigenvalue weighted by molar-refractivity contribution is 0.374. The van der Waals surface area contributed by atoms with Crippen molar-refractivity contribution in [2.75, 3.05) is 0 Å². The molecule has 0 amide bonds. The molecule has 1 unspecified atom stereocenters. The largest absolute Gasteiger partial charge is 0.264 e. The molecule has 0 N–H and O–H groups in total. The second kappa shape index (κ2) is 5.27. The zero-order valence-electron chi connectivity index (χ0n) is 11.3. The van der Waals surface area contributed by atoms with Gasteiger partial charge in [0.25, 0.3) is 0 Å². The van der Waals surface area contributed by atoms with Crippen LogP contribution in [0.25, 0.3) is 10.8 Å². The monoisotopic (exact) mass is 261 g/mol. The molecule has 1 nitrogen and oxygen atoms in total. The third-order valence-electron chi connectivity index (χ3n) is 3.38. The highest BCUT2D eigenvalue weighted by Crippen LogP contribution is 2.29. The van der Waals surface area contributed by atoms with E-state index in [0.717, 1.165) is 12.8 Å². The van der Waals surface area contributed by atoms with Crippen LogP contribution >= 0.6 is 11.6 Å². The number of fused-ring (bicyclic) bond motifs is 1. The van der Waals surface area contributed by atoms with Crippen LogP contribution in [0.5, 0.6) is 0 Å². The lowest BCUT2D eigenvalue weighted by Gasteiger charge is -2.25. The molecule has 1 aromatic carbocycles. The van der Waals surface area contributed by atoms with E-state index in [4.69, 9.17) is 11.6 Å². The molecular formula is C16H20ClN. The fourth-order valence-corrected chi connectivity index (χ4v) is 2.22. The lowest BCUT2D eigenvalue weighted by Crippen LogP contribution is -2.21. The van der Waals surface area contributed by atoms with Crippen LogP contribution in [0.2, 0.25) is 0 Å². The van der Waals surface area contributed by atoms with E-state index in [1.165, 1.54) is 16.3 Å². The SMILES string of the molecule is CC(C)(C)C(Cl)CCc1cccc2ccncc12. The van der Waals surface area contributed by atoms with Gasteiger partial charge in [0, 0.05) is 23.2 Å². The predicted octanol–water partition coefficient (Wildman–Crippen LogP) is 4.82. The molecule has 0 aliphatic rings. The molecule has 0 aliphatic carbocycles. The van der Waals surface area contributed by atoms with Gasteiger partial charge >= 0.3 is 0 Å². The predicted molar refractivity (Wildman–Crippen MR) is 79.2 cm³/mol. The molecule has 0 bridgehead atoms. The van der Waals surface area contributed by atoms with E-state index in [2.05, 4.69) is 50.0 Å². The highest BCUT2D eigenvalue weighted by Gasteiger charge is 2.21. The van der Waals surface area contributed by atoms with E-state index in [1.807, 2.05) is 12.4 Å². The first kappa shape index (κ1) is 13.4. The number of halogens is 1. The lowest BCUT2D eigenvalue weighted by atomic mass is 9.88. The fraction of sp³-hybridized carbons (Fsp3) is 0.438. The number of pyridine rings is 1. The highest BCUT2D eigenvalue weighted by atomic mass is 35.5. The number of aromatic nitrogens is 1. The second-order valence-electron chi connectivity index (χ2n) is 5.89. The summed E-state index contributed by atoms with van der Waals surface area (Å²) in [4.78, 5) is 4.22. The van der Waals surface area contributed by atoms with Crippen LogP contribution in [0.4, 0.5) is 0 Å². The molecule has 2 rings (SSSR count). The minimum atomic E-state index is 0.157. The smallest absolute Gasteiger partial charge is 0.0387 e. The van der Waals surface area contributed by atoms with Gasteiger partial charge in [0.1, 0.15) is 0 Å². The second-order valence-corrected chi connectivity index (χ2v) is 6.41. The molecule has 2 aromatic rings. The summed E-state index contributed by atoms with van der Waals surface area (Å²) in [5.74, 6) is 0. The molecule has 18 heavy (non-hydrogen) atoms. The molecule has 0 aliphatic heterocycles. The molecule has 2 heteroatoms. The number of hydrogen-bond donors (Lipinski definition) is 0. The van der Waals surface area contributed by atoms with Crippen molar-refractivity contribution in [3.05, 3.63) is 42.2 Å². The first-order valence-electron chi connectivity index (χ1n) is 6.44. The van der Waals surface area contributed by atoms with Crippen LogP contribution in [-0.4, -0.2) is 10.4 Å². The Morgan fingerprint density at radius 2 is 2.00 bits per heavy atom. The first-order chi connectivity index (χ1) is 8.48. The maximum absolute atomic E-state index is 6.44. The maximum atomic E-state index is 6.44. The zero-order valence-corrected chi connectivity index (χ0v) is 12.0. The number of hydrogen-bond acceptors (Lipinski definition) is 1. The Balaban J connectivity index is 2.18. The molecule has 0 saturated heterocycles. The average molecular weight is 262 g/mol. The number of nitrogens with zero attached hydrogens (tertiary/aromatic N) is 1. The van der Waals surface area contributed by atoms with Crippen LogP contribution in [-0.2, 0) is 6.42 Å². The van der Waals surface area contributed by atoms with Gasteiger partial charge in [-0.3, -0.25) is 4.98 Å². The Morgan fingerprint density at radius 1 is 1.22 bits per heavy atom. The molecule has 0 spiro atoms. The van der Waals surface area contributed by atoms with Gasteiger partial charge in [0.05, 0.1) is 0 Å². The summed E-state index contributed by atoms with van der Waals surface area (Å²) < 4.78 is 0. The molecule has 1 atom stereocenters. The Hall–Kier alpha value is -1.08. The summed E-state index contributed by atoms with van der Waals surface area (Å²) in [5.41, 5.74) is 1.50. The summed E-state index contributed by atoms with van der Waals surface area (Å²) in [7, 11) is 0. The van der Waals surface area contributed by atoms with Gasteiger partial charge < -0.3 is 0 Å². The molecule has 1 aromatic heterocycles. The molecular weight excluding hydrogens is 242 g/mol. The van der Waals surface area contributed by atoms with E-state index < -0.39 is 0 Å². The van der Waals surface area contributed by atoms with Crippen LogP contribution in [0, 0.1) is 5.41 Å². The van der Waals surface area contributed by atoms with Crippen molar-refractivity contribution in [1.82, 2.24) is 4.98 Å². The van der Waals surface area contributed by atoms with E-state index in [1.54, 1.807) is 0 Å². The van der Waals surface area contributed by atoms with E-state index >= 15 is 0 Å². The molecule has 1 heterocycles. The average Bonchev–Trinajstić information content (AvgIpc) is 2.34. The van der Waals surface area contributed by atoms with Gasteiger partial charge in [-0.05, 0) is 35.3 Å². The molecule has 96 valence electrons. The summed E-state index contributed by atoms with van der Waals surface area (Å²) in [6.45, 7) is 6.57. The topological polar surface area (TPSA) is 12.9 Å². The van der Waals surface area contributed by atoms with Crippen molar-refractivity contribution < 1.29 is 0 Å². The van der Waals surface area contributed by atoms with Crippen molar-refractivity contribution in [3.63, 3.8) is 0 Å². The third kappa shape index (κ3) is 3.02. The number of rotatable bonds is 3. The minimum absolute atomic E-state index is 0.157. The Kier molecular flexibility index (Phi) is 3.91. The number of benzene rings is 1. The van der Waals surface area contributed by atoms with Crippen LogP contribution in [0.15, 0.2) is 36.7 Å². The molecule has 0 saturated carbocycles. The Labute approximate surface area is 114 Å². The van der Waals surface area contributed by atoms with Gasteiger partial charge in [-0.2, -0.15) is 0 Å². The minimum Gasteiger partial charge on any atom is -0.264 e.